The van der Waals surface area contributed by atoms with Crippen LogP contribution in [0.15, 0.2) is 24.3 Å². The van der Waals surface area contributed by atoms with Crippen LogP contribution >= 0.6 is 0 Å². The molecule has 12 heavy (non-hydrogen) atoms. The van der Waals surface area contributed by atoms with E-state index in [-0.39, 0.29) is 5.91 Å². The third-order valence-electron chi connectivity index (χ3n) is 1.70. The molecule has 0 bridgehead atoms. The quantitative estimate of drug-likeness (QED) is 0.614. The average molecular weight is 159 g/mol. The van der Waals surface area contributed by atoms with Crippen LogP contribution in [-0.4, -0.2) is 13.8 Å². The second-order valence-corrected chi connectivity index (χ2v) is 2.67. The van der Waals surface area contributed by atoms with E-state index in [9.17, 15) is 4.79 Å². The van der Waals surface area contributed by atoms with E-state index in [1.807, 2.05) is 24.3 Å². The van der Waals surface area contributed by atoms with Crippen LogP contribution in [0, 0.1) is 0 Å². The van der Waals surface area contributed by atoms with Crippen molar-refractivity contribution in [1.29, 1.82) is 0 Å². The topological polar surface area (TPSA) is 43.1 Å². The van der Waals surface area contributed by atoms with Crippen LogP contribution in [0.5, 0.6) is 0 Å². The number of amides is 1. The number of benzene rings is 1. The van der Waals surface area contributed by atoms with Crippen molar-refractivity contribution in [2.75, 3.05) is 0 Å². The third-order valence-corrected chi connectivity index (χ3v) is 1.70. The Bertz CT molecular complexity index is 286. The average Bonchev–Trinajstić information content (AvgIpc) is 2.03. The van der Waals surface area contributed by atoms with Gasteiger partial charge < -0.3 is 5.73 Å². The van der Waals surface area contributed by atoms with Gasteiger partial charge in [-0.05, 0) is 6.42 Å². The first-order chi connectivity index (χ1) is 5.70. The van der Waals surface area contributed by atoms with Crippen molar-refractivity contribution in [2.24, 2.45) is 5.73 Å². The van der Waals surface area contributed by atoms with Gasteiger partial charge >= 0.3 is 0 Å². The van der Waals surface area contributed by atoms with Crippen LogP contribution in [-0.2, 0) is 11.2 Å². The van der Waals surface area contributed by atoms with Gasteiger partial charge in [0, 0.05) is 6.42 Å². The van der Waals surface area contributed by atoms with Gasteiger partial charge in [-0.2, -0.15) is 0 Å². The van der Waals surface area contributed by atoms with Gasteiger partial charge in [0.1, 0.15) is 7.85 Å². The van der Waals surface area contributed by atoms with Gasteiger partial charge in [-0.25, -0.2) is 0 Å². The number of aryl methyl sites for hydroxylation is 1. The molecule has 1 amide bonds. The molecule has 0 unspecified atom stereocenters. The smallest absolute Gasteiger partial charge is 0.217 e. The summed E-state index contributed by atoms with van der Waals surface area (Å²) in [4.78, 5) is 10.5. The molecule has 0 aliphatic heterocycles. The Kier molecular flexibility index (Phi) is 2.91. The molecule has 0 fully saturated rings. The van der Waals surface area contributed by atoms with Crippen LogP contribution in [0.2, 0.25) is 0 Å². The van der Waals surface area contributed by atoms with Crippen molar-refractivity contribution in [3.8, 4) is 0 Å². The Labute approximate surface area is 73.2 Å². The maximum atomic E-state index is 10.5. The van der Waals surface area contributed by atoms with E-state index in [0.29, 0.717) is 12.8 Å². The highest BCUT2D eigenvalue weighted by atomic mass is 16.1. The van der Waals surface area contributed by atoms with Gasteiger partial charge in [0.25, 0.3) is 0 Å². The molecule has 0 spiro atoms. The Morgan fingerprint density at radius 1 is 1.42 bits per heavy atom. The monoisotopic (exact) mass is 159 g/mol. The van der Waals surface area contributed by atoms with E-state index in [1.165, 1.54) is 0 Å². The molecule has 2 radical (unpaired) electrons. The highest BCUT2D eigenvalue weighted by molar-refractivity contribution is 6.33. The molecule has 0 aromatic heterocycles. The van der Waals surface area contributed by atoms with Crippen LogP contribution in [0.3, 0.4) is 0 Å². The van der Waals surface area contributed by atoms with E-state index in [4.69, 9.17) is 13.6 Å². The van der Waals surface area contributed by atoms with Crippen molar-refractivity contribution < 1.29 is 4.79 Å². The predicted molar refractivity (Wildman–Crippen MR) is 49.3 cm³/mol. The fourth-order valence-electron chi connectivity index (χ4n) is 1.02. The third kappa shape index (κ3) is 2.42. The molecule has 60 valence electrons. The van der Waals surface area contributed by atoms with Crippen LogP contribution in [0.1, 0.15) is 12.0 Å². The fraction of sp³-hybridized carbons (Fsp3) is 0.222. The molecule has 0 saturated heterocycles. The SMILES string of the molecule is [B]c1ccccc1CCC(N)=O. The molecule has 2 N–H and O–H groups in total. The summed E-state index contributed by atoms with van der Waals surface area (Å²) in [6.07, 6.45) is 0.982. The molecule has 0 saturated carbocycles. The zero-order valence-corrected chi connectivity index (χ0v) is 6.79. The molecule has 3 heteroatoms. The summed E-state index contributed by atoms with van der Waals surface area (Å²) in [5, 5.41) is 0. The molecule has 2 nitrogen and oxygen atoms in total. The van der Waals surface area contributed by atoms with Crippen molar-refractivity contribution in [3.05, 3.63) is 29.8 Å². The van der Waals surface area contributed by atoms with E-state index in [1.54, 1.807) is 0 Å². The van der Waals surface area contributed by atoms with Crippen molar-refractivity contribution in [2.45, 2.75) is 12.8 Å². The standard InChI is InChI=1S/C9H10BNO/c10-8-4-2-1-3-7(8)5-6-9(11)12/h1-4H,5-6H2,(H2,11,12). The van der Waals surface area contributed by atoms with Crippen LogP contribution in [0.25, 0.3) is 0 Å². The minimum absolute atomic E-state index is 0.293. The molecule has 1 rings (SSSR count). The molecular formula is C9H10BNO. The minimum atomic E-state index is -0.293. The summed E-state index contributed by atoms with van der Waals surface area (Å²) in [6.45, 7) is 0. The first kappa shape index (κ1) is 8.85. The Balaban J connectivity index is 2.63. The lowest BCUT2D eigenvalue weighted by Gasteiger charge is -2.02. The normalized spacial score (nSPS) is 9.67. The summed E-state index contributed by atoms with van der Waals surface area (Å²) in [5.74, 6) is -0.293. The largest absolute Gasteiger partial charge is 0.370 e. The van der Waals surface area contributed by atoms with E-state index < -0.39 is 0 Å². The second kappa shape index (κ2) is 3.95. The zero-order valence-electron chi connectivity index (χ0n) is 6.79. The lowest BCUT2D eigenvalue weighted by Crippen LogP contribution is -2.15. The van der Waals surface area contributed by atoms with Crippen molar-refractivity contribution in [1.82, 2.24) is 0 Å². The van der Waals surface area contributed by atoms with Crippen molar-refractivity contribution >= 4 is 19.2 Å². The lowest BCUT2D eigenvalue weighted by molar-refractivity contribution is -0.117. The van der Waals surface area contributed by atoms with Crippen LogP contribution in [0.4, 0.5) is 0 Å². The van der Waals surface area contributed by atoms with E-state index >= 15 is 0 Å². The zero-order chi connectivity index (χ0) is 8.97. The van der Waals surface area contributed by atoms with Gasteiger partial charge in [0.2, 0.25) is 5.91 Å². The van der Waals surface area contributed by atoms with E-state index in [2.05, 4.69) is 0 Å². The van der Waals surface area contributed by atoms with E-state index in [0.717, 1.165) is 11.0 Å². The number of rotatable bonds is 3. The minimum Gasteiger partial charge on any atom is -0.370 e. The Morgan fingerprint density at radius 3 is 2.67 bits per heavy atom. The molecule has 0 aliphatic carbocycles. The molecule has 0 aliphatic rings. The highest BCUT2D eigenvalue weighted by Crippen LogP contribution is 1.98. The summed E-state index contributed by atoms with van der Waals surface area (Å²) >= 11 is 0. The molecule has 0 atom stereocenters. The van der Waals surface area contributed by atoms with Gasteiger partial charge in [-0.15, -0.1) is 0 Å². The summed E-state index contributed by atoms with van der Waals surface area (Å²) in [5.41, 5.74) is 6.71. The summed E-state index contributed by atoms with van der Waals surface area (Å²) < 4.78 is 0. The molecular weight excluding hydrogens is 149 g/mol. The summed E-state index contributed by atoms with van der Waals surface area (Å²) in [7, 11) is 5.65. The van der Waals surface area contributed by atoms with Crippen LogP contribution < -0.4 is 11.2 Å². The number of hydrogen-bond acceptors (Lipinski definition) is 1. The van der Waals surface area contributed by atoms with Gasteiger partial charge in [-0.3, -0.25) is 4.79 Å². The predicted octanol–water partition coefficient (Wildman–Crippen LogP) is -0.102. The number of carbonyl (C=O) groups is 1. The fourth-order valence-corrected chi connectivity index (χ4v) is 1.02. The maximum Gasteiger partial charge on any atom is 0.217 e. The molecule has 0 heterocycles. The molecule has 1 aromatic rings. The first-order valence-electron chi connectivity index (χ1n) is 3.82. The van der Waals surface area contributed by atoms with Gasteiger partial charge in [0.15, 0.2) is 0 Å². The molecule has 1 aromatic carbocycles. The first-order valence-corrected chi connectivity index (χ1v) is 3.82. The highest BCUT2D eigenvalue weighted by Gasteiger charge is 1.98. The second-order valence-electron chi connectivity index (χ2n) is 2.67. The number of nitrogens with two attached hydrogens (primary N) is 1. The lowest BCUT2D eigenvalue weighted by atomic mass is 9.89. The summed E-state index contributed by atoms with van der Waals surface area (Å²) in [6, 6.07) is 7.48. The van der Waals surface area contributed by atoms with Gasteiger partial charge in [0.05, 0.1) is 0 Å². The van der Waals surface area contributed by atoms with Crippen molar-refractivity contribution in [3.63, 3.8) is 0 Å². The maximum absolute atomic E-state index is 10.5. The number of primary amides is 1. The Morgan fingerprint density at radius 2 is 2.08 bits per heavy atom. The number of carbonyl (C=O) groups excluding carboxylic acids is 1. The Hall–Kier alpha value is -1.25. The number of hydrogen-bond donors (Lipinski definition) is 1. The van der Waals surface area contributed by atoms with Gasteiger partial charge in [-0.1, -0.05) is 35.3 Å².